The fourth-order valence-electron chi connectivity index (χ4n) is 1.98. The number of aromatic nitrogens is 1. The summed E-state index contributed by atoms with van der Waals surface area (Å²) in [6.07, 6.45) is 2.55. The molecule has 2 rings (SSSR count). The molecule has 5 heteroatoms. The highest BCUT2D eigenvalue weighted by atomic mass is 16.5. The van der Waals surface area contributed by atoms with Gasteiger partial charge in [0.2, 0.25) is 0 Å². The van der Waals surface area contributed by atoms with E-state index in [2.05, 4.69) is 10.3 Å². The third-order valence-electron chi connectivity index (χ3n) is 3.02. The number of nitrogens with one attached hydrogen (secondary N) is 1. The van der Waals surface area contributed by atoms with Crippen molar-refractivity contribution in [2.45, 2.75) is 13.3 Å². The number of hydrogen-bond donors (Lipinski definition) is 2. The number of esters is 1. The molecule has 1 aromatic carbocycles. The molecule has 1 aromatic heterocycles. The van der Waals surface area contributed by atoms with Gasteiger partial charge in [-0.3, -0.25) is 4.98 Å². The number of carbonyl (C=O) groups is 1. The Hall–Kier alpha value is -2.56. The Balaban J connectivity index is 2.00. The van der Waals surface area contributed by atoms with Crippen LogP contribution in [0, 0.1) is 0 Å². The summed E-state index contributed by atoms with van der Waals surface area (Å²) in [4.78, 5) is 16.0. The molecule has 0 aliphatic rings. The van der Waals surface area contributed by atoms with Gasteiger partial charge in [0.05, 0.1) is 23.5 Å². The van der Waals surface area contributed by atoms with E-state index in [0.717, 1.165) is 17.8 Å². The van der Waals surface area contributed by atoms with Crippen LogP contribution < -0.4 is 11.1 Å². The quantitative estimate of drug-likeness (QED) is 0.630. The Kier molecular flexibility index (Phi) is 5.15. The highest BCUT2D eigenvalue weighted by Gasteiger charge is 2.13. The minimum absolute atomic E-state index is 0.329. The largest absolute Gasteiger partial charge is 0.462 e. The van der Waals surface area contributed by atoms with E-state index in [4.69, 9.17) is 10.5 Å². The van der Waals surface area contributed by atoms with E-state index in [-0.39, 0.29) is 0 Å². The van der Waals surface area contributed by atoms with Crippen molar-refractivity contribution in [3.05, 3.63) is 53.9 Å². The van der Waals surface area contributed by atoms with E-state index in [9.17, 15) is 4.79 Å². The van der Waals surface area contributed by atoms with Crippen LogP contribution in [0.1, 0.15) is 23.0 Å². The number of para-hydroxylation sites is 1. The smallest absolute Gasteiger partial charge is 0.340 e. The van der Waals surface area contributed by atoms with Crippen molar-refractivity contribution in [1.29, 1.82) is 0 Å². The fourth-order valence-corrected chi connectivity index (χ4v) is 1.98. The predicted molar refractivity (Wildman–Crippen MR) is 83.2 cm³/mol. The van der Waals surface area contributed by atoms with Crippen molar-refractivity contribution in [3.63, 3.8) is 0 Å². The molecule has 0 atom stereocenters. The zero-order chi connectivity index (χ0) is 15.1. The van der Waals surface area contributed by atoms with Crippen molar-refractivity contribution in [1.82, 2.24) is 4.98 Å². The van der Waals surface area contributed by atoms with E-state index >= 15 is 0 Å². The summed E-state index contributed by atoms with van der Waals surface area (Å²) in [6.45, 7) is 2.78. The lowest BCUT2D eigenvalue weighted by atomic mass is 10.1. The van der Waals surface area contributed by atoms with E-state index < -0.39 is 5.97 Å². The van der Waals surface area contributed by atoms with Gasteiger partial charge in [-0.1, -0.05) is 12.1 Å². The normalized spacial score (nSPS) is 10.1. The van der Waals surface area contributed by atoms with E-state index in [1.54, 1.807) is 25.3 Å². The fraction of sp³-hybridized carbons (Fsp3) is 0.250. The summed E-state index contributed by atoms with van der Waals surface area (Å²) < 4.78 is 4.98. The molecule has 2 aromatic rings. The van der Waals surface area contributed by atoms with Gasteiger partial charge in [0.25, 0.3) is 0 Å². The lowest BCUT2D eigenvalue weighted by Crippen LogP contribution is -2.12. The maximum Gasteiger partial charge on any atom is 0.340 e. The lowest BCUT2D eigenvalue weighted by molar-refractivity contribution is 0.0527. The van der Waals surface area contributed by atoms with Crippen molar-refractivity contribution >= 4 is 17.3 Å². The first-order valence-corrected chi connectivity index (χ1v) is 6.91. The molecule has 3 N–H and O–H groups in total. The first kappa shape index (κ1) is 14.8. The van der Waals surface area contributed by atoms with Gasteiger partial charge < -0.3 is 15.8 Å². The zero-order valence-corrected chi connectivity index (χ0v) is 12.0. The number of hydrogen-bond acceptors (Lipinski definition) is 5. The second-order valence-corrected chi connectivity index (χ2v) is 4.49. The minimum atomic E-state index is -0.400. The third kappa shape index (κ3) is 3.95. The van der Waals surface area contributed by atoms with Crippen molar-refractivity contribution in [2.24, 2.45) is 0 Å². The Labute approximate surface area is 124 Å². The van der Waals surface area contributed by atoms with E-state index in [1.165, 1.54) is 0 Å². The molecular weight excluding hydrogens is 266 g/mol. The maximum atomic E-state index is 11.8. The highest BCUT2D eigenvalue weighted by Crippen LogP contribution is 2.23. The molecule has 0 unspecified atom stereocenters. The molecule has 0 fully saturated rings. The maximum absolute atomic E-state index is 11.8. The van der Waals surface area contributed by atoms with Gasteiger partial charge in [-0.2, -0.15) is 0 Å². The third-order valence-corrected chi connectivity index (χ3v) is 3.02. The molecule has 110 valence electrons. The van der Waals surface area contributed by atoms with Crippen LogP contribution in [-0.2, 0) is 11.2 Å². The Morgan fingerprint density at radius 2 is 2.14 bits per heavy atom. The number of nitrogens with two attached hydrogens (primary N) is 1. The van der Waals surface area contributed by atoms with Crippen molar-refractivity contribution in [3.8, 4) is 0 Å². The minimum Gasteiger partial charge on any atom is -0.462 e. The number of nitrogen functional groups attached to an aromatic ring is 1. The summed E-state index contributed by atoms with van der Waals surface area (Å²) in [6, 6.07) is 11.1. The molecule has 1 heterocycles. The first-order chi connectivity index (χ1) is 10.2. The van der Waals surface area contributed by atoms with Crippen LogP contribution in [0.5, 0.6) is 0 Å². The van der Waals surface area contributed by atoms with Gasteiger partial charge in [0, 0.05) is 24.9 Å². The summed E-state index contributed by atoms with van der Waals surface area (Å²) >= 11 is 0. The average molecular weight is 285 g/mol. The predicted octanol–water partition coefficient (Wildman–Crippen LogP) is 2.50. The molecule has 21 heavy (non-hydrogen) atoms. The molecule has 0 saturated heterocycles. The van der Waals surface area contributed by atoms with Crippen LogP contribution in [0.4, 0.5) is 11.4 Å². The Morgan fingerprint density at radius 3 is 2.86 bits per heavy atom. The van der Waals surface area contributed by atoms with Crippen molar-refractivity contribution in [2.75, 3.05) is 24.2 Å². The number of pyridine rings is 1. The molecule has 0 bridgehead atoms. The van der Waals surface area contributed by atoms with Gasteiger partial charge in [-0.05, 0) is 31.2 Å². The van der Waals surface area contributed by atoms with Crippen LogP contribution in [-0.4, -0.2) is 24.1 Å². The van der Waals surface area contributed by atoms with Crippen LogP contribution >= 0.6 is 0 Å². The number of rotatable bonds is 6. The standard InChI is InChI=1S/C16H19N3O2/c1-2-21-16(20)13-7-5-8-14(15(13)17)19-11-9-12-6-3-4-10-18-12/h3-8,10,19H,2,9,11,17H2,1H3. The Morgan fingerprint density at radius 1 is 1.29 bits per heavy atom. The monoisotopic (exact) mass is 285 g/mol. The number of anilines is 2. The van der Waals surface area contributed by atoms with Gasteiger partial charge in [0.15, 0.2) is 0 Å². The Bertz CT molecular complexity index is 600. The van der Waals surface area contributed by atoms with Gasteiger partial charge >= 0.3 is 5.97 Å². The van der Waals surface area contributed by atoms with E-state index in [0.29, 0.717) is 24.4 Å². The number of carbonyl (C=O) groups excluding carboxylic acids is 1. The number of ether oxygens (including phenoxy) is 1. The summed E-state index contributed by atoms with van der Waals surface area (Å²) in [5, 5.41) is 3.23. The average Bonchev–Trinajstić information content (AvgIpc) is 2.50. The molecule has 0 aliphatic heterocycles. The first-order valence-electron chi connectivity index (χ1n) is 6.91. The van der Waals surface area contributed by atoms with Crippen LogP contribution in [0.2, 0.25) is 0 Å². The summed E-state index contributed by atoms with van der Waals surface area (Å²) in [7, 11) is 0. The van der Waals surface area contributed by atoms with Gasteiger partial charge in [-0.15, -0.1) is 0 Å². The van der Waals surface area contributed by atoms with Crippen LogP contribution in [0.25, 0.3) is 0 Å². The highest BCUT2D eigenvalue weighted by molar-refractivity contribution is 5.98. The molecule has 0 aliphatic carbocycles. The summed E-state index contributed by atoms with van der Waals surface area (Å²) in [5.41, 5.74) is 8.56. The van der Waals surface area contributed by atoms with Crippen LogP contribution in [0.15, 0.2) is 42.6 Å². The molecule has 0 saturated carbocycles. The number of nitrogens with zero attached hydrogens (tertiary/aromatic N) is 1. The van der Waals surface area contributed by atoms with Gasteiger partial charge in [0.1, 0.15) is 0 Å². The van der Waals surface area contributed by atoms with E-state index in [1.807, 2.05) is 24.3 Å². The second-order valence-electron chi connectivity index (χ2n) is 4.49. The second kappa shape index (κ2) is 7.28. The number of benzene rings is 1. The summed E-state index contributed by atoms with van der Waals surface area (Å²) in [5.74, 6) is -0.400. The SMILES string of the molecule is CCOC(=O)c1cccc(NCCc2ccccn2)c1N. The van der Waals surface area contributed by atoms with Crippen molar-refractivity contribution < 1.29 is 9.53 Å². The lowest BCUT2D eigenvalue weighted by Gasteiger charge is -2.12. The molecule has 0 amide bonds. The zero-order valence-electron chi connectivity index (χ0n) is 12.0. The molecule has 0 radical (unpaired) electrons. The van der Waals surface area contributed by atoms with Crippen LogP contribution in [0.3, 0.4) is 0 Å². The molecular formula is C16H19N3O2. The van der Waals surface area contributed by atoms with Gasteiger partial charge in [-0.25, -0.2) is 4.79 Å². The molecule has 0 spiro atoms. The molecule has 5 nitrogen and oxygen atoms in total. The topological polar surface area (TPSA) is 77.2 Å².